The van der Waals surface area contributed by atoms with Crippen molar-refractivity contribution in [3.63, 3.8) is 0 Å². The van der Waals surface area contributed by atoms with Gasteiger partial charge in [0, 0.05) is 36.5 Å². The molecular formula is C40H74O8. The third-order valence-electron chi connectivity index (χ3n) is 9.76. The summed E-state index contributed by atoms with van der Waals surface area (Å²) < 4.78 is 22.8. The molecule has 0 aromatic heterocycles. The van der Waals surface area contributed by atoms with Gasteiger partial charge in [-0.05, 0) is 51.4 Å². The molecule has 2 unspecified atom stereocenters. The summed E-state index contributed by atoms with van der Waals surface area (Å²) in [5, 5.41) is 0. The molecule has 48 heavy (non-hydrogen) atoms. The summed E-state index contributed by atoms with van der Waals surface area (Å²) in [4.78, 5) is 50.0. The fraction of sp³-hybridized carbons (Fsp3) is 0.900. The van der Waals surface area contributed by atoms with Gasteiger partial charge in [-0.25, -0.2) is 0 Å². The molecule has 8 nitrogen and oxygen atoms in total. The summed E-state index contributed by atoms with van der Waals surface area (Å²) >= 11 is 0. The number of rotatable bonds is 33. The maximum absolute atomic E-state index is 12.6. The number of carbonyl (C=O) groups is 4. The van der Waals surface area contributed by atoms with Gasteiger partial charge in [0.1, 0.15) is 26.4 Å². The van der Waals surface area contributed by atoms with Crippen molar-refractivity contribution in [3.8, 4) is 0 Å². The molecule has 0 amide bonds. The maximum Gasteiger partial charge on any atom is 0.305 e. The van der Waals surface area contributed by atoms with E-state index in [4.69, 9.17) is 18.9 Å². The fourth-order valence-electron chi connectivity index (χ4n) is 5.74. The quantitative estimate of drug-likeness (QED) is 0.0382. The van der Waals surface area contributed by atoms with Crippen LogP contribution in [0.2, 0.25) is 0 Å². The maximum atomic E-state index is 12.6. The average Bonchev–Trinajstić information content (AvgIpc) is 3.09. The first-order valence-electron chi connectivity index (χ1n) is 19.8. The smallest absolute Gasteiger partial charge is 0.305 e. The highest BCUT2D eigenvalue weighted by Crippen LogP contribution is 2.32. The van der Waals surface area contributed by atoms with Gasteiger partial charge in [0.05, 0.1) is 0 Å². The van der Waals surface area contributed by atoms with E-state index in [-0.39, 0.29) is 74.0 Å². The van der Waals surface area contributed by atoms with Crippen molar-refractivity contribution >= 4 is 23.9 Å². The molecule has 0 spiro atoms. The van der Waals surface area contributed by atoms with E-state index in [1.54, 1.807) is 0 Å². The molecule has 0 heterocycles. The largest absolute Gasteiger partial charge is 0.465 e. The van der Waals surface area contributed by atoms with Crippen LogP contribution in [0.4, 0.5) is 0 Å². The number of hydrogen-bond acceptors (Lipinski definition) is 8. The Bertz CT molecular complexity index is 775. The van der Waals surface area contributed by atoms with E-state index in [9.17, 15) is 19.2 Å². The van der Waals surface area contributed by atoms with Crippen LogP contribution < -0.4 is 0 Å². The molecule has 282 valence electrons. The summed E-state index contributed by atoms with van der Waals surface area (Å²) in [6, 6.07) is 0. The third-order valence-corrected chi connectivity index (χ3v) is 9.76. The van der Waals surface area contributed by atoms with Crippen LogP contribution in [0.1, 0.15) is 196 Å². The van der Waals surface area contributed by atoms with E-state index in [0.29, 0.717) is 25.7 Å². The van der Waals surface area contributed by atoms with Crippen molar-refractivity contribution in [1.29, 1.82) is 0 Å². The Kier molecular flexibility index (Phi) is 28.5. The summed E-state index contributed by atoms with van der Waals surface area (Å²) in [6.45, 7) is 13.7. The first-order chi connectivity index (χ1) is 23.1. The van der Waals surface area contributed by atoms with Gasteiger partial charge >= 0.3 is 23.9 Å². The van der Waals surface area contributed by atoms with Crippen molar-refractivity contribution in [2.45, 2.75) is 196 Å². The lowest BCUT2D eigenvalue weighted by Crippen LogP contribution is -2.34. The second-order valence-corrected chi connectivity index (χ2v) is 14.1. The zero-order valence-corrected chi connectivity index (χ0v) is 32.1. The molecular weight excluding hydrogens is 608 g/mol. The van der Waals surface area contributed by atoms with E-state index in [1.165, 1.54) is 25.7 Å². The molecule has 0 rings (SSSR count). The molecule has 0 fully saturated rings. The standard InChI is InChI=1S/C40H74O8/c1-7-13-17-19-21-25-35(41)45-31-39(11-5,29-15-9-3)33-47-37(43)27-23-24-28-38(44)48-34-40(12-6,30-16-10-4)32-46-36(42)26-22-20-18-14-8-2/h7-34H2,1-6H3. The minimum Gasteiger partial charge on any atom is -0.465 e. The van der Waals surface area contributed by atoms with E-state index in [0.717, 1.165) is 89.9 Å². The zero-order valence-electron chi connectivity index (χ0n) is 32.1. The Morgan fingerprint density at radius 2 is 0.604 bits per heavy atom. The molecule has 0 saturated carbocycles. The zero-order chi connectivity index (χ0) is 35.9. The molecule has 0 aromatic rings. The van der Waals surface area contributed by atoms with Gasteiger partial charge in [-0.1, -0.05) is 119 Å². The van der Waals surface area contributed by atoms with Crippen LogP contribution in [0, 0.1) is 10.8 Å². The van der Waals surface area contributed by atoms with Gasteiger partial charge in [-0.2, -0.15) is 0 Å². The average molecular weight is 683 g/mol. The number of hydrogen-bond donors (Lipinski definition) is 0. The van der Waals surface area contributed by atoms with Crippen molar-refractivity contribution in [2.75, 3.05) is 26.4 Å². The SMILES string of the molecule is CCCCCCCC(=O)OCC(CC)(CCCC)COC(=O)CCCCC(=O)OCC(CC)(CCCC)COC(=O)CCCCCCC. The van der Waals surface area contributed by atoms with Crippen LogP contribution >= 0.6 is 0 Å². The van der Waals surface area contributed by atoms with Crippen LogP contribution in [0.15, 0.2) is 0 Å². The Morgan fingerprint density at radius 1 is 0.354 bits per heavy atom. The Hall–Kier alpha value is -2.12. The van der Waals surface area contributed by atoms with Crippen LogP contribution in [-0.4, -0.2) is 50.3 Å². The number of ether oxygens (including phenoxy) is 4. The third kappa shape index (κ3) is 23.3. The lowest BCUT2D eigenvalue weighted by molar-refractivity contribution is -0.157. The minimum atomic E-state index is -0.375. The van der Waals surface area contributed by atoms with Gasteiger partial charge in [-0.3, -0.25) is 19.2 Å². The Labute approximate surface area is 294 Å². The molecule has 0 aliphatic carbocycles. The molecule has 0 aliphatic rings. The van der Waals surface area contributed by atoms with Crippen LogP contribution in [-0.2, 0) is 38.1 Å². The molecule has 2 atom stereocenters. The fourth-order valence-corrected chi connectivity index (χ4v) is 5.74. The lowest BCUT2D eigenvalue weighted by Gasteiger charge is -2.32. The highest BCUT2D eigenvalue weighted by molar-refractivity contribution is 5.71. The van der Waals surface area contributed by atoms with E-state index in [2.05, 4.69) is 41.5 Å². The van der Waals surface area contributed by atoms with Gasteiger partial charge in [0.25, 0.3) is 0 Å². The topological polar surface area (TPSA) is 105 Å². The van der Waals surface area contributed by atoms with Crippen molar-refractivity contribution in [1.82, 2.24) is 0 Å². The van der Waals surface area contributed by atoms with Crippen LogP contribution in [0.5, 0.6) is 0 Å². The van der Waals surface area contributed by atoms with Crippen LogP contribution in [0.3, 0.4) is 0 Å². The van der Waals surface area contributed by atoms with Crippen LogP contribution in [0.25, 0.3) is 0 Å². The van der Waals surface area contributed by atoms with Gasteiger partial charge in [0.2, 0.25) is 0 Å². The number of carbonyl (C=O) groups excluding carboxylic acids is 4. The molecule has 0 aliphatic heterocycles. The van der Waals surface area contributed by atoms with Gasteiger partial charge < -0.3 is 18.9 Å². The van der Waals surface area contributed by atoms with Crippen molar-refractivity contribution in [2.24, 2.45) is 10.8 Å². The summed E-state index contributed by atoms with van der Waals surface area (Å²) in [7, 11) is 0. The Balaban J connectivity index is 4.67. The second-order valence-electron chi connectivity index (χ2n) is 14.1. The summed E-state index contributed by atoms with van der Waals surface area (Å²) in [5.41, 5.74) is -0.750. The molecule has 0 saturated heterocycles. The first-order valence-corrected chi connectivity index (χ1v) is 19.8. The predicted molar refractivity (Wildman–Crippen MR) is 194 cm³/mol. The Morgan fingerprint density at radius 3 is 0.854 bits per heavy atom. The lowest BCUT2D eigenvalue weighted by atomic mass is 9.81. The van der Waals surface area contributed by atoms with Crippen molar-refractivity contribution in [3.05, 3.63) is 0 Å². The highest BCUT2D eigenvalue weighted by Gasteiger charge is 2.33. The summed E-state index contributed by atoms with van der Waals surface area (Å²) in [6.07, 6.45) is 20.3. The number of unbranched alkanes of at least 4 members (excludes halogenated alkanes) is 11. The predicted octanol–water partition coefficient (Wildman–Crippen LogP) is 10.6. The van der Waals surface area contributed by atoms with Crippen molar-refractivity contribution < 1.29 is 38.1 Å². The minimum absolute atomic E-state index is 0.172. The van der Waals surface area contributed by atoms with E-state index in [1.807, 2.05) is 0 Å². The molecule has 0 radical (unpaired) electrons. The second kappa shape index (κ2) is 29.8. The van der Waals surface area contributed by atoms with E-state index < -0.39 is 0 Å². The monoisotopic (exact) mass is 683 g/mol. The molecule has 0 N–H and O–H groups in total. The molecule has 0 aromatic carbocycles. The van der Waals surface area contributed by atoms with E-state index >= 15 is 0 Å². The van der Waals surface area contributed by atoms with Gasteiger partial charge in [-0.15, -0.1) is 0 Å². The number of esters is 4. The van der Waals surface area contributed by atoms with Gasteiger partial charge in [0.15, 0.2) is 0 Å². The highest BCUT2D eigenvalue weighted by atomic mass is 16.6. The first kappa shape index (κ1) is 45.9. The summed E-state index contributed by atoms with van der Waals surface area (Å²) in [5.74, 6) is -0.933. The normalized spacial score (nSPS) is 13.7. The molecule has 0 bridgehead atoms. The molecule has 8 heteroatoms.